The van der Waals surface area contributed by atoms with Gasteiger partial charge in [0, 0.05) is 19.4 Å². The molecule has 1 unspecified atom stereocenters. The molecule has 2 amide bonds. The summed E-state index contributed by atoms with van der Waals surface area (Å²) in [6.45, 7) is 2.29. The van der Waals surface area contributed by atoms with Gasteiger partial charge in [0.2, 0.25) is 0 Å². The second-order valence-electron chi connectivity index (χ2n) is 4.31. The van der Waals surface area contributed by atoms with Crippen LogP contribution in [0.25, 0.3) is 0 Å². The zero-order valence-electron chi connectivity index (χ0n) is 11.5. The van der Waals surface area contributed by atoms with Gasteiger partial charge in [-0.3, -0.25) is 4.98 Å². The summed E-state index contributed by atoms with van der Waals surface area (Å²) in [6.07, 6.45) is 2.37. The first kappa shape index (κ1) is 15.9. The molecule has 7 nitrogen and oxygen atoms in total. The van der Waals surface area contributed by atoms with Crippen molar-refractivity contribution in [2.45, 2.75) is 25.8 Å². The largest absolute Gasteiger partial charge is 0.480 e. The summed E-state index contributed by atoms with van der Waals surface area (Å²) in [6, 6.07) is 1.94. The monoisotopic (exact) mass is 281 g/mol. The Hall–Kier alpha value is -2.15. The van der Waals surface area contributed by atoms with Crippen LogP contribution in [-0.2, 0) is 9.53 Å². The Labute approximate surface area is 117 Å². The van der Waals surface area contributed by atoms with Crippen molar-refractivity contribution in [3.05, 3.63) is 24.0 Å². The number of nitrogens with zero attached hydrogens (tertiary/aromatic N) is 1. The maximum Gasteiger partial charge on any atom is 0.326 e. The number of hydrogen-bond donors (Lipinski definition) is 3. The maximum atomic E-state index is 11.7. The number of aliphatic carboxylic acids is 1. The summed E-state index contributed by atoms with van der Waals surface area (Å²) >= 11 is 0. The minimum absolute atomic E-state index is 0.308. The third-order valence-electron chi connectivity index (χ3n) is 2.61. The molecule has 0 fully saturated rings. The highest BCUT2D eigenvalue weighted by Crippen LogP contribution is 2.05. The van der Waals surface area contributed by atoms with E-state index in [0.29, 0.717) is 25.1 Å². The number of aromatic nitrogens is 1. The predicted molar refractivity (Wildman–Crippen MR) is 73.7 cm³/mol. The van der Waals surface area contributed by atoms with E-state index in [4.69, 9.17) is 9.84 Å². The van der Waals surface area contributed by atoms with Crippen molar-refractivity contribution in [2.24, 2.45) is 0 Å². The van der Waals surface area contributed by atoms with E-state index in [1.54, 1.807) is 19.2 Å². The lowest BCUT2D eigenvalue weighted by Gasteiger charge is -2.14. The summed E-state index contributed by atoms with van der Waals surface area (Å²) in [7, 11) is 1.54. The van der Waals surface area contributed by atoms with Crippen LogP contribution in [0.15, 0.2) is 18.3 Å². The van der Waals surface area contributed by atoms with Crippen molar-refractivity contribution in [3.8, 4) is 0 Å². The number of carbonyl (C=O) groups excluding carboxylic acids is 1. The highest BCUT2D eigenvalue weighted by Gasteiger charge is 2.19. The Kier molecular flexibility index (Phi) is 6.45. The van der Waals surface area contributed by atoms with Crippen LogP contribution >= 0.6 is 0 Å². The molecule has 0 saturated carbocycles. The number of pyridine rings is 1. The first-order valence-electron chi connectivity index (χ1n) is 6.25. The zero-order valence-corrected chi connectivity index (χ0v) is 11.5. The Morgan fingerprint density at radius 2 is 2.20 bits per heavy atom. The summed E-state index contributed by atoms with van der Waals surface area (Å²) in [5.41, 5.74) is 1.34. The lowest BCUT2D eigenvalue weighted by molar-refractivity contribution is -0.139. The lowest BCUT2D eigenvalue weighted by atomic mass is 10.1. The van der Waals surface area contributed by atoms with E-state index in [1.807, 2.05) is 6.92 Å². The molecule has 0 aliphatic heterocycles. The number of urea groups is 1. The van der Waals surface area contributed by atoms with Crippen molar-refractivity contribution in [3.63, 3.8) is 0 Å². The van der Waals surface area contributed by atoms with Crippen LogP contribution in [0.5, 0.6) is 0 Å². The van der Waals surface area contributed by atoms with Crippen molar-refractivity contribution < 1.29 is 19.4 Å². The highest BCUT2D eigenvalue weighted by atomic mass is 16.5. The fourth-order valence-corrected chi connectivity index (χ4v) is 1.56. The van der Waals surface area contributed by atoms with E-state index in [9.17, 15) is 9.59 Å². The third-order valence-corrected chi connectivity index (χ3v) is 2.61. The van der Waals surface area contributed by atoms with Crippen LogP contribution in [-0.4, -0.2) is 41.8 Å². The molecule has 1 heterocycles. The number of amides is 2. The summed E-state index contributed by atoms with van der Waals surface area (Å²) in [5.74, 6) is -1.07. The van der Waals surface area contributed by atoms with Crippen LogP contribution in [0.2, 0.25) is 0 Å². The van der Waals surface area contributed by atoms with Gasteiger partial charge >= 0.3 is 12.0 Å². The molecule has 0 spiro atoms. The predicted octanol–water partition coefficient (Wildman–Crippen LogP) is 1.39. The molecule has 1 aromatic rings. The number of rotatable bonds is 7. The van der Waals surface area contributed by atoms with Crippen molar-refractivity contribution in [1.29, 1.82) is 0 Å². The maximum absolute atomic E-state index is 11.7. The van der Waals surface area contributed by atoms with E-state index in [1.165, 1.54) is 6.20 Å². The van der Waals surface area contributed by atoms with Gasteiger partial charge in [0.25, 0.3) is 0 Å². The molecule has 0 radical (unpaired) electrons. The van der Waals surface area contributed by atoms with Crippen LogP contribution in [0, 0.1) is 6.92 Å². The standard InChI is InChI=1S/C13H19N3O4/c1-9-5-6-10(8-14-9)15-13(19)16-11(12(17)18)4-3-7-20-2/h5-6,8,11H,3-4,7H2,1-2H3,(H,17,18)(H2,15,16,19). The molecule has 0 saturated heterocycles. The van der Waals surface area contributed by atoms with Crippen molar-refractivity contribution >= 4 is 17.7 Å². The topological polar surface area (TPSA) is 101 Å². The molecular formula is C13H19N3O4. The van der Waals surface area contributed by atoms with Gasteiger partial charge in [-0.05, 0) is 31.9 Å². The van der Waals surface area contributed by atoms with Gasteiger partial charge < -0.3 is 20.5 Å². The van der Waals surface area contributed by atoms with Crippen LogP contribution in [0.1, 0.15) is 18.5 Å². The van der Waals surface area contributed by atoms with E-state index in [0.717, 1.165) is 5.69 Å². The quantitative estimate of drug-likeness (QED) is 0.656. The van der Waals surface area contributed by atoms with Crippen molar-refractivity contribution in [2.75, 3.05) is 19.0 Å². The molecule has 0 aliphatic carbocycles. The number of methoxy groups -OCH3 is 1. The summed E-state index contributed by atoms with van der Waals surface area (Å²) in [4.78, 5) is 26.8. The molecule has 0 bridgehead atoms. The molecule has 1 aromatic heterocycles. The molecule has 1 atom stereocenters. The van der Waals surface area contributed by atoms with Gasteiger partial charge in [-0.25, -0.2) is 9.59 Å². The number of hydrogen-bond acceptors (Lipinski definition) is 4. The first-order chi connectivity index (χ1) is 9.52. The molecule has 1 rings (SSSR count). The van der Waals surface area contributed by atoms with Gasteiger partial charge in [-0.1, -0.05) is 0 Å². The highest BCUT2D eigenvalue weighted by molar-refractivity contribution is 5.92. The second kappa shape index (κ2) is 8.11. The van der Waals surface area contributed by atoms with Crippen LogP contribution < -0.4 is 10.6 Å². The third kappa shape index (κ3) is 5.66. The van der Waals surface area contributed by atoms with Gasteiger partial charge in [-0.2, -0.15) is 0 Å². The number of ether oxygens (including phenoxy) is 1. The number of carboxylic acid groups (broad SMARTS) is 1. The summed E-state index contributed by atoms with van der Waals surface area (Å²) < 4.78 is 4.85. The van der Waals surface area contributed by atoms with Gasteiger partial charge in [0.05, 0.1) is 11.9 Å². The number of carboxylic acids is 1. The molecule has 3 N–H and O–H groups in total. The fourth-order valence-electron chi connectivity index (χ4n) is 1.56. The molecule has 0 aliphatic rings. The average molecular weight is 281 g/mol. The number of nitrogens with one attached hydrogen (secondary N) is 2. The van der Waals surface area contributed by atoms with Gasteiger partial charge in [-0.15, -0.1) is 0 Å². The Morgan fingerprint density at radius 3 is 2.75 bits per heavy atom. The van der Waals surface area contributed by atoms with E-state index in [2.05, 4.69) is 15.6 Å². The van der Waals surface area contributed by atoms with Crippen molar-refractivity contribution in [1.82, 2.24) is 10.3 Å². The smallest absolute Gasteiger partial charge is 0.326 e. The summed E-state index contributed by atoms with van der Waals surface area (Å²) in [5, 5.41) is 14.0. The average Bonchev–Trinajstić information content (AvgIpc) is 2.40. The number of aryl methyl sites for hydroxylation is 1. The number of anilines is 1. The normalized spacial score (nSPS) is 11.7. The Morgan fingerprint density at radius 1 is 1.45 bits per heavy atom. The van der Waals surface area contributed by atoms with E-state index >= 15 is 0 Å². The fraction of sp³-hybridized carbons (Fsp3) is 0.462. The molecule has 0 aromatic carbocycles. The second-order valence-corrected chi connectivity index (χ2v) is 4.31. The Bertz CT molecular complexity index is 447. The minimum Gasteiger partial charge on any atom is -0.480 e. The first-order valence-corrected chi connectivity index (χ1v) is 6.25. The SMILES string of the molecule is COCCCC(NC(=O)Nc1ccc(C)nc1)C(=O)O. The van der Waals surface area contributed by atoms with Crippen LogP contribution in [0.4, 0.5) is 10.5 Å². The Balaban J connectivity index is 2.48. The minimum atomic E-state index is -1.07. The number of carbonyl (C=O) groups is 2. The lowest BCUT2D eigenvalue weighted by Crippen LogP contribution is -2.43. The van der Waals surface area contributed by atoms with Gasteiger partial charge in [0.15, 0.2) is 0 Å². The molecule has 20 heavy (non-hydrogen) atoms. The van der Waals surface area contributed by atoms with E-state index < -0.39 is 18.0 Å². The molecule has 7 heteroatoms. The zero-order chi connectivity index (χ0) is 15.0. The molecule has 110 valence electrons. The molecular weight excluding hydrogens is 262 g/mol. The van der Waals surface area contributed by atoms with Crippen LogP contribution in [0.3, 0.4) is 0 Å². The van der Waals surface area contributed by atoms with E-state index in [-0.39, 0.29) is 0 Å². The van der Waals surface area contributed by atoms with Gasteiger partial charge in [0.1, 0.15) is 6.04 Å².